The van der Waals surface area contributed by atoms with Crippen LogP contribution in [0.4, 0.5) is 5.82 Å². The number of nitrogens with zero attached hydrogens (tertiary/aromatic N) is 3. The third-order valence-corrected chi connectivity index (χ3v) is 5.64. The van der Waals surface area contributed by atoms with Gasteiger partial charge < -0.3 is 4.90 Å². The molecule has 3 nitrogen and oxygen atoms in total. The van der Waals surface area contributed by atoms with Crippen LogP contribution in [0, 0.1) is 6.92 Å². The number of fused-ring (bicyclic) bond motifs is 1. The normalized spacial score (nSPS) is 14.8. The molecule has 0 saturated carbocycles. The summed E-state index contributed by atoms with van der Waals surface area (Å²) in [6, 6.07) is 7.96. The highest BCUT2D eigenvalue weighted by Gasteiger charge is 2.23. The molecule has 0 amide bonds. The average molecular weight is 364 g/mol. The number of aromatic nitrogens is 2. The number of hydrogen-bond acceptors (Lipinski definition) is 4. The predicted octanol–water partition coefficient (Wildman–Crippen LogP) is 5.57. The van der Waals surface area contributed by atoms with Gasteiger partial charge in [0.2, 0.25) is 5.28 Å². The minimum atomic E-state index is 0.323. The summed E-state index contributed by atoms with van der Waals surface area (Å²) in [6.45, 7) is 4.17. The molecule has 1 aliphatic rings. The number of thiophene rings is 1. The van der Waals surface area contributed by atoms with E-state index in [1.807, 2.05) is 12.1 Å². The van der Waals surface area contributed by atoms with Crippen LogP contribution in [-0.2, 0) is 0 Å². The summed E-state index contributed by atoms with van der Waals surface area (Å²) in [4.78, 5) is 13.5. The second-order valence-electron chi connectivity index (χ2n) is 5.73. The van der Waals surface area contributed by atoms with Crippen LogP contribution in [0.3, 0.4) is 0 Å². The molecule has 118 valence electrons. The number of aryl methyl sites for hydroxylation is 1. The smallest absolute Gasteiger partial charge is 0.225 e. The molecule has 3 heterocycles. The van der Waals surface area contributed by atoms with Crippen molar-refractivity contribution in [2.24, 2.45) is 0 Å². The first kappa shape index (κ1) is 15.2. The Morgan fingerprint density at radius 2 is 1.74 bits per heavy atom. The molecule has 1 saturated heterocycles. The van der Waals surface area contributed by atoms with E-state index in [9.17, 15) is 0 Å². The van der Waals surface area contributed by atoms with Gasteiger partial charge in [-0.3, -0.25) is 0 Å². The van der Waals surface area contributed by atoms with E-state index in [4.69, 9.17) is 23.2 Å². The van der Waals surface area contributed by atoms with Gasteiger partial charge in [-0.1, -0.05) is 23.7 Å². The highest BCUT2D eigenvalue weighted by molar-refractivity contribution is 7.19. The van der Waals surface area contributed by atoms with Crippen LogP contribution in [0.2, 0.25) is 10.3 Å². The molecular weight excluding hydrogens is 349 g/mol. The lowest BCUT2D eigenvalue weighted by atomic mass is 10.0. The van der Waals surface area contributed by atoms with Gasteiger partial charge in [-0.25, -0.2) is 4.98 Å². The summed E-state index contributed by atoms with van der Waals surface area (Å²) in [7, 11) is 0. The molecule has 23 heavy (non-hydrogen) atoms. The third-order valence-electron chi connectivity index (χ3n) is 4.22. The average Bonchev–Trinajstić information content (AvgIpc) is 3.14. The first-order valence-electron chi connectivity index (χ1n) is 7.61. The van der Waals surface area contributed by atoms with Gasteiger partial charge in [0.15, 0.2) is 0 Å². The quantitative estimate of drug-likeness (QED) is 0.557. The number of halogens is 2. The summed E-state index contributed by atoms with van der Waals surface area (Å²) in [6.07, 6.45) is 2.39. The second-order valence-corrected chi connectivity index (χ2v) is 7.71. The van der Waals surface area contributed by atoms with Gasteiger partial charge in [0.25, 0.3) is 0 Å². The van der Waals surface area contributed by atoms with Gasteiger partial charge in [-0.2, -0.15) is 4.98 Å². The van der Waals surface area contributed by atoms with Crippen molar-refractivity contribution in [1.82, 2.24) is 9.97 Å². The molecule has 3 aromatic rings. The Morgan fingerprint density at radius 1 is 1.04 bits per heavy atom. The Bertz CT molecular complexity index is 868. The van der Waals surface area contributed by atoms with Crippen LogP contribution in [0.15, 0.2) is 24.3 Å². The van der Waals surface area contributed by atoms with E-state index < -0.39 is 0 Å². The standard InChI is InChI=1S/C17H15Cl2N3S/c1-10-13(11-4-6-12(18)7-5-11)14-15(22-8-2-3-9-22)20-17(19)21-16(14)23-10/h4-7H,2-3,8-9H2,1H3. The largest absolute Gasteiger partial charge is 0.356 e. The number of rotatable bonds is 2. The van der Waals surface area contributed by atoms with E-state index in [-0.39, 0.29) is 0 Å². The van der Waals surface area contributed by atoms with Crippen molar-refractivity contribution >= 4 is 50.6 Å². The summed E-state index contributed by atoms with van der Waals surface area (Å²) in [5.41, 5.74) is 2.34. The zero-order chi connectivity index (χ0) is 16.0. The van der Waals surface area contributed by atoms with Gasteiger partial charge in [0, 0.05) is 28.6 Å². The van der Waals surface area contributed by atoms with Crippen molar-refractivity contribution in [3.05, 3.63) is 39.4 Å². The van der Waals surface area contributed by atoms with Gasteiger partial charge in [0.05, 0.1) is 5.39 Å². The molecule has 1 fully saturated rings. The van der Waals surface area contributed by atoms with E-state index >= 15 is 0 Å². The molecule has 0 N–H and O–H groups in total. The zero-order valence-corrected chi connectivity index (χ0v) is 15.0. The van der Waals surface area contributed by atoms with Crippen molar-refractivity contribution in [2.75, 3.05) is 18.0 Å². The third kappa shape index (κ3) is 2.69. The summed E-state index contributed by atoms with van der Waals surface area (Å²) in [5.74, 6) is 0.965. The van der Waals surface area contributed by atoms with Crippen molar-refractivity contribution in [2.45, 2.75) is 19.8 Å². The van der Waals surface area contributed by atoms with E-state index in [2.05, 4.69) is 33.9 Å². The first-order valence-corrected chi connectivity index (χ1v) is 9.18. The Hall–Kier alpha value is -1.36. The minimum absolute atomic E-state index is 0.323. The minimum Gasteiger partial charge on any atom is -0.356 e. The Kier molecular flexibility index (Phi) is 3.92. The first-order chi connectivity index (χ1) is 11.1. The molecule has 0 atom stereocenters. The van der Waals surface area contributed by atoms with Crippen LogP contribution in [0.25, 0.3) is 21.3 Å². The maximum Gasteiger partial charge on any atom is 0.225 e. The van der Waals surface area contributed by atoms with Crippen molar-refractivity contribution < 1.29 is 0 Å². The topological polar surface area (TPSA) is 29.0 Å². The maximum atomic E-state index is 6.17. The number of hydrogen-bond donors (Lipinski definition) is 0. The molecule has 0 unspecified atom stereocenters. The van der Waals surface area contributed by atoms with Crippen LogP contribution < -0.4 is 4.90 Å². The summed E-state index contributed by atoms with van der Waals surface area (Å²) >= 11 is 13.9. The van der Waals surface area contributed by atoms with Crippen molar-refractivity contribution in [3.8, 4) is 11.1 Å². The monoisotopic (exact) mass is 363 g/mol. The molecule has 6 heteroatoms. The fourth-order valence-corrected chi connectivity index (χ4v) is 4.57. The Balaban J connectivity index is 2.00. The molecular formula is C17H15Cl2N3S. The van der Waals surface area contributed by atoms with E-state index in [0.717, 1.165) is 39.7 Å². The molecule has 0 aliphatic carbocycles. The lowest BCUT2D eigenvalue weighted by Crippen LogP contribution is -2.19. The van der Waals surface area contributed by atoms with Crippen LogP contribution >= 0.6 is 34.5 Å². The molecule has 2 aromatic heterocycles. The van der Waals surface area contributed by atoms with Crippen molar-refractivity contribution in [1.29, 1.82) is 0 Å². The molecule has 0 bridgehead atoms. The van der Waals surface area contributed by atoms with Gasteiger partial charge >= 0.3 is 0 Å². The molecule has 1 aromatic carbocycles. The number of anilines is 1. The summed E-state index contributed by atoms with van der Waals surface area (Å²) in [5, 5.41) is 2.18. The Labute approximate surface area is 148 Å². The molecule has 0 radical (unpaired) electrons. The molecule has 1 aliphatic heterocycles. The molecule has 0 spiro atoms. The van der Waals surface area contributed by atoms with Crippen LogP contribution in [0.1, 0.15) is 17.7 Å². The van der Waals surface area contributed by atoms with E-state index in [1.54, 1.807) is 11.3 Å². The maximum absolute atomic E-state index is 6.17. The van der Waals surface area contributed by atoms with Gasteiger partial charge in [-0.05, 0) is 49.1 Å². The summed E-state index contributed by atoms with van der Waals surface area (Å²) < 4.78 is 0. The van der Waals surface area contributed by atoms with Gasteiger partial charge in [0.1, 0.15) is 10.6 Å². The van der Waals surface area contributed by atoms with Gasteiger partial charge in [-0.15, -0.1) is 11.3 Å². The predicted molar refractivity (Wildman–Crippen MR) is 99.1 cm³/mol. The number of benzene rings is 1. The SMILES string of the molecule is Cc1sc2nc(Cl)nc(N3CCCC3)c2c1-c1ccc(Cl)cc1. The lowest BCUT2D eigenvalue weighted by Gasteiger charge is -2.18. The fourth-order valence-electron chi connectivity index (χ4n) is 3.19. The van der Waals surface area contributed by atoms with Crippen LogP contribution in [0.5, 0.6) is 0 Å². The fraction of sp³-hybridized carbons (Fsp3) is 0.294. The lowest BCUT2D eigenvalue weighted by molar-refractivity contribution is 0.940. The zero-order valence-electron chi connectivity index (χ0n) is 12.6. The molecule has 4 rings (SSSR count). The van der Waals surface area contributed by atoms with Crippen molar-refractivity contribution in [3.63, 3.8) is 0 Å². The highest BCUT2D eigenvalue weighted by Crippen LogP contribution is 2.43. The van der Waals surface area contributed by atoms with Crippen LogP contribution in [-0.4, -0.2) is 23.1 Å². The Morgan fingerprint density at radius 3 is 2.43 bits per heavy atom. The highest BCUT2D eigenvalue weighted by atomic mass is 35.5. The second kappa shape index (κ2) is 5.93. The van der Waals surface area contributed by atoms with E-state index in [1.165, 1.54) is 23.3 Å². The van der Waals surface area contributed by atoms with E-state index in [0.29, 0.717) is 5.28 Å².